The van der Waals surface area contributed by atoms with Crippen LogP contribution in [-0.4, -0.2) is 41.4 Å². The van der Waals surface area contributed by atoms with Crippen molar-refractivity contribution >= 4 is 40.0 Å². The molecule has 0 saturated carbocycles. The van der Waals surface area contributed by atoms with Crippen LogP contribution in [0.15, 0.2) is 66.4 Å². The molecule has 1 aliphatic carbocycles. The summed E-state index contributed by atoms with van der Waals surface area (Å²) in [5.41, 5.74) is 5.85. The minimum atomic E-state index is -3.74. The lowest BCUT2D eigenvalue weighted by molar-refractivity contribution is 0.0881. The SMILES string of the molecule is CCC1=CC(C)(S(=O)(=O)n2ccc3c(Cc4nc5cc(C#N)ccc5n4COCC[Si](C)(C)C)ccc(C)c32)CC=C1. The van der Waals surface area contributed by atoms with E-state index in [-0.39, 0.29) is 0 Å². The molecule has 1 unspecified atom stereocenters. The molecule has 42 heavy (non-hydrogen) atoms. The van der Waals surface area contributed by atoms with Gasteiger partial charge in [0.15, 0.2) is 0 Å². The zero-order valence-corrected chi connectivity index (χ0v) is 27.3. The van der Waals surface area contributed by atoms with Crippen molar-refractivity contribution in [3.8, 4) is 6.07 Å². The average molecular weight is 601 g/mol. The van der Waals surface area contributed by atoms with Crippen molar-refractivity contribution in [1.29, 1.82) is 5.26 Å². The van der Waals surface area contributed by atoms with E-state index in [1.807, 2.05) is 63.3 Å². The van der Waals surface area contributed by atoms with Gasteiger partial charge in [-0.1, -0.05) is 62.5 Å². The fraction of sp³-hybridized carbons (Fsp3) is 0.394. The summed E-state index contributed by atoms with van der Waals surface area (Å²) < 4.78 is 37.0. The Kier molecular flexibility index (Phi) is 8.09. The largest absolute Gasteiger partial charge is 0.361 e. The van der Waals surface area contributed by atoms with Gasteiger partial charge in [-0.15, -0.1) is 0 Å². The third-order valence-corrected chi connectivity index (χ3v) is 12.2. The van der Waals surface area contributed by atoms with E-state index >= 15 is 0 Å². The molecule has 220 valence electrons. The Morgan fingerprint density at radius 2 is 1.95 bits per heavy atom. The Morgan fingerprint density at radius 1 is 1.17 bits per heavy atom. The third kappa shape index (κ3) is 5.63. The van der Waals surface area contributed by atoms with Crippen LogP contribution >= 0.6 is 0 Å². The number of aryl methyl sites for hydroxylation is 1. The quantitative estimate of drug-likeness (QED) is 0.141. The molecule has 0 spiro atoms. The van der Waals surface area contributed by atoms with Crippen LogP contribution in [0.2, 0.25) is 25.7 Å². The minimum Gasteiger partial charge on any atom is -0.361 e. The Hall–Kier alpha value is -3.45. The van der Waals surface area contributed by atoms with Crippen molar-refractivity contribution in [1.82, 2.24) is 13.5 Å². The molecule has 4 aromatic rings. The predicted octanol–water partition coefficient (Wildman–Crippen LogP) is 7.31. The van der Waals surface area contributed by atoms with Gasteiger partial charge < -0.3 is 9.30 Å². The summed E-state index contributed by atoms with van der Waals surface area (Å²) in [5.74, 6) is 0.814. The minimum absolute atomic E-state index is 0.366. The summed E-state index contributed by atoms with van der Waals surface area (Å²) in [5, 5.41) is 10.3. The van der Waals surface area contributed by atoms with Crippen molar-refractivity contribution in [2.45, 2.75) is 77.2 Å². The van der Waals surface area contributed by atoms with Crippen LogP contribution < -0.4 is 0 Å². The zero-order chi connectivity index (χ0) is 30.3. The lowest BCUT2D eigenvalue weighted by atomic mass is 9.96. The number of nitriles is 1. The van der Waals surface area contributed by atoms with E-state index in [2.05, 4.69) is 36.3 Å². The van der Waals surface area contributed by atoms with Crippen LogP contribution in [0.3, 0.4) is 0 Å². The summed E-state index contributed by atoms with van der Waals surface area (Å²) >= 11 is 0. The maximum Gasteiger partial charge on any atom is 0.248 e. The molecule has 9 heteroatoms. The molecule has 0 aliphatic heterocycles. The lowest BCUT2D eigenvalue weighted by Crippen LogP contribution is -2.38. The van der Waals surface area contributed by atoms with Gasteiger partial charge in [-0.3, -0.25) is 0 Å². The predicted molar refractivity (Wildman–Crippen MR) is 173 cm³/mol. The lowest BCUT2D eigenvalue weighted by Gasteiger charge is -2.29. The van der Waals surface area contributed by atoms with E-state index in [9.17, 15) is 13.7 Å². The van der Waals surface area contributed by atoms with Crippen LogP contribution in [0.5, 0.6) is 0 Å². The fourth-order valence-corrected chi connectivity index (χ4v) is 8.13. The summed E-state index contributed by atoms with van der Waals surface area (Å²) in [6, 6.07) is 14.8. The Morgan fingerprint density at radius 3 is 2.67 bits per heavy atom. The number of benzene rings is 2. The summed E-state index contributed by atoms with van der Waals surface area (Å²) in [6.45, 7) is 13.9. The van der Waals surface area contributed by atoms with Crippen molar-refractivity contribution in [3.05, 3.63) is 88.9 Å². The molecule has 2 aromatic carbocycles. The molecule has 0 saturated heterocycles. The second-order valence-electron chi connectivity index (χ2n) is 12.7. The summed E-state index contributed by atoms with van der Waals surface area (Å²) in [6.07, 6.45) is 9.31. The smallest absolute Gasteiger partial charge is 0.248 e. The number of aromatic nitrogens is 3. The molecular formula is C33H40N4O3SSi. The monoisotopic (exact) mass is 600 g/mol. The molecule has 5 rings (SSSR count). The normalized spacial score (nSPS) is 17.6. The van der Waals surface area contributed by atoms with Gasteiger partial charge in [-0.25, -0.2) is 17.4 Å². The van der Waals surface area contributed by atoms with E-state index in [1.165, 1.54) is 3.97 Å². The summed E-state index contributed by atoms with van der Waals surface area (Å²) in [7, 11) is -4.98. The van der Waals surface area contributed by atoms with Crippen molar-refractivity contribution in [3.63, 3.8) is 0 Å². The standard InChI is InChI=1S/C33H40N4O3SSi/c1-7-25-9-8-15-33(3,21-25)41(38,39)37-16-14-28-27(12-10-24(2)32(28)37)20-31-35-29-19-26(22-34)11-13-30(29)36(31)23-40-17-18-42(4,5)6/h8-14,16,19,21H,7,15,17-18,20,23H2,1-6H3. The maximum atomic E-state index is 14.1. The number of nitrogens with zero attached hydrogens (tertiary/aromatic N) is 4. The Balaban J connectivity index is 1.55. The van der Waals surface area contributed by atoms with Crippen LogP contribution in [0.25, 0.3) is 21.9 Å². The van der Waals surface area contributed by atoms with Gasteiger partial charge in [0.1, 0.15) is 17.3 Å². The van der Waals surface area contributed by atoms with Crippen LogP contribution in [-0.2, 0) is 27.9 Å². The first kappa shape index (κ1) is 30.0. The molecule has 0 fully saturated rings. The van der Waals surface area contributed by atoms with Gasteiger partial charge in [0, 0.05) is 32.7 Å². The molecule has 2 aromatic heterocycles. The third-order valence-electron chi connectivity index (χ3n) is 8.23. The molecule has 0 bridgehead atoms. The second kappa shape index (κ2) is 11.3. The van der Waals surface area contributed by atoms with E-state index in [0.717, 1.165) is 51.4 Å². The molecule has 2 heterocycles. The van der Waals surface area contributed by atoms with Crippen molar-refractivity contribution in [2.24, 2.45) is 0 Å². The number of imidazole rings is 1. The van der Waals surface area contributed by atoms with Crippen LogP contribution in [0.4, 0.5) is 0 Å². The number of ether oxygens (including phenoxy) is 1. The second-order valence-corrected chi connectivity index (χ2v) is 20.6. The van der Waals surface area contributed by atoms with Crippen molar-refractivity contribution < 1.29 is 13.2 Å². The first-order valence-corrected chi connectivity index (χ1v) is 19.7. The van der Waals surface area contributed by atoms with Crippen molar-refractivity contribution in [2.75, 3.05) is 6.61 Å². The number of allylic oxidation sites excluding steroid dienone is 3. The van der Waals surface area contributed by atoms with Crippen LogP contribution in [0, 0.1) is 18.3 Å². The average Bonchev–Trinajstić information content (AvgIpc) is 3.54. The first-order chi connectivity index (χ1) is 19.9. The molecule has 1 atom stereocenters. The van der Waals surface area contributed by atoms with Gasteiger partial charge in [-0.05, 0) is 68.1 Å². The zero-order valence-electron chi connectivity index (χ0n) is 25.4. The molecule has 0 radical (unpaired) electrons. The number of rotatable bonds is 10. The maximum absolute atomic E-state index is 14.1. The summed E-state index contributed by atoms with van der Waals surface area (Å²) in [4.78, 5) is 4.93. The number of fused-ring (bicyclic) bond motifs is 2. The molecular weight excluding hydrogens is 561 g/mol. The topological polar surface area (TPSA) is 89.9 Å². The number of hydrogen-bond acceptors (Lipinski definition) is 5. The highest BCUT2D eigenvalue weighted by atomic mass is 32.2. The highest BCUT2D eigenvalue weighted by Crippen LogP contribution is 2.36. The highest BCUT2D eigenvalue weighted by molar-refractivity contribution is 7.91. The van der Waals surface area contributed by atoms with E-state index in [4.69, 9.17) is 9.72 Å². The van der Waals surface area contributed by atoms with Gasteiger partial charge in [0.05, 0.1) is 28.2 Å². The van der Waals surface area contributed by atoms with Gasteiger partial charge in [0.25, 0.3) is 0 Å². The Labute approximate surface area is 250 Å². The molecule has 1 aliphatic rings. The van der Waals surface area contributed by atoms with Gasteiger partial charge >= 0.3 is 0 Å². The first-order valence-electron chi connectivity index (χ1n) is 14.6. The van der Waals surface area contributed by atoms with E-state index in [0.29, 0.717) is 37.3 Å². The van der Waals surface area contributed by atoms with Gasteiger partial charge in [0.2, 0.25) is 10.0 Å². The number of hydrogen-bond donors (Lipinski definition) is 0. The highest BCUT2D eigenvalue weighted by Gasteiger charge is 2.40. The van der Waals surface area contributed by atoms with Gasteiger partial charge in [-0.2, -0.15) is 5.26 Å². The molecule has 0 N–H and O–H groups in total. The molecule has 7 nitrogen and oxygen atoms in total. The van der Waals surface area contributed by atoms with Crippen LogP contribution in [0.1, 0.15) is 49.2 Å². The Bertz CT molecular complexity index is 1870. The van der Waals surface area contributed by atoms with E-state index in [1.54, 1.807) is 12.3 Å². The fourth-order valence-electron chi connectivity index (χ4n) is 5.61. The molecule has 0 amide bonds. The van der Waals surface area contributed by atoms with E-state index < -0.39 is 22.8 Å².